The maximum absolute atomic E-state index is 11.9. The van der Waals surface area contributed by atoms with Crippen LogP contribution in [0.1, 0.15) is 38.7 Å². The van der Waals surface area contributed by atoms with E-state index in [1.165, 1.54) is 5.56 Å². The number of ether oxygens (including phenoxy) is 2. The molecule has 0 unspecified atom stereocenters. The summed E-state index contributed by atoms with van der Waals surface area (Å²) in [5, 5.41) is 0. The monoisotopic (exact) mass is 305 g/mol. The molecule has 2 rings (SSSR count). The van der Waals surface area contributed by atoms with Gasteiger partial charge in [0.15, 0.2) is 0 Å². The lowest BCUT2D eigenvalue weighted by Crippen LogP contribution is -2.40. The van der Waals surface area contributed by atoms with E-state index < -0.39 is 6.04 Å². The van der Waals surface area contributed by atoms with Crippen molar-refractivity contribution in [2.75, 3.05) is 6.61 Å². The zero-order chi connectivity index (χ0) is 15.9. The standard InChI is InChI=1S/C18H27NO3/c1-3-21-17-13(2)22-18(20)16(19)11-7-10-15(17)12-14-8-5-4-6-9-14/h4-6,8-9,13,15-17H,3,7,10-12,19H2,1-2H3/t13-,15+,16-,17-/m0/s1. The van der Waals surface area contributed by atoms with Gasteiger partial charge in [-0.15, -0.1) is 0 Å². The van der Waals surface area contributed by atoms with Crippen molar-refractivity contribution in [1.82, 2.24) is 0 Å². The van der Waals surface area contributed by atoms with Crippen LogP contribution in [0, 0.1) is 5.92 Å². The van der Waals surface area contributed by atoms with Gasteiger partial charge in [0.2, 0.25) is 0 Å². The molecular weight excluding hydrogens is 278 g/mol. The van der Waals surface area contributed by atoms with Crippen molar-refractivity contribution >= 4 is 5.97 Å². The van der Waals surface area contributed by atoms with Crippen molar-refractivity contribution < 1.29 is 14.3 Å². The smallest absolute Gasteiger partial charge is 0.323 e. The molecule has 0 spiro atoms. The van der Waals surface area contributed by atoms with Gasteiger partial charge < -0.3 is 15.2 Å². The lowest BCUT2D eigenvalue weighted by atomic mass is 9.87. The van der Waals surface area contributed by atoms with Crippen molar-refractivity contribution in [3.63, 3.8) is 0 Å². The van der Waals surface area contributed by atoms with Crippen LogP contribution in [0.2, 0.25) is 0 Å². The largest absolute Gasteiger partial charge is 0.459 e. The van der Waals surface area contributed by atoms with Crippen LogP contribution in [0.4, 0.5) is 0 Å². The van der Waals surface area contributed by atoms with Gasteiger partial charge in [-0.05, 0) is 44.6 Å². The van der Waals surface area contributed by atoms with Gasteiger partial charge in [-0.2, -0.15) is 0 Å². The Balaban J connectivity index is 2.16. The van der Waals surface area contributed by atoms with Crippen molar-refractivity contribution in [3.8, 4) is 0 Å². The Morgan fingerprint density at radius 1 is 1.27 bits per heavy atom. The Labute approximate surface area is 133 Å². The highest BCUT2D eigenvalue weighted by atomic mass is 16.6. The second-order valence-corrected chi connectivity index (χ2v) is 6.05. The summed E-state index contributed by atoms with van der Waals surface area (Å²) < 4.78 is 11.5. The fourth-order valence-corrected chi connectivity index (χ4v) is 3.20. The molecule has 1 aromatic rings. The van der Waals surface area contributed by atoms with Crippen LogP contribution in [-0.4, -0.2) is 30.8 Å². The van der Waals surface area contributed by atoms with Crippen LogP contribution in [0.5, 0.6) is 0 Å². The first-order valence-electron chi connectivity index (χ1n) is 8.23. The number of hydrogen-bond acceptors (Lipinski definition) is 4. The van der Waals surface area contributed by atoms with Gasteiger partial charge in [0.05, 0.1) is 6.10 Å². The molecule has 0 aliphatic carbocycles. The zero-order valence-corrected chi connectivity index (χ0v) is 13.5. The molecule has 122 valence electrons. The second-order valence-electron chi connectivity index (χ2n) is 6.05. The van der Waals surface area contributed by atoms with Crippen LogP contribution in [0.25, 0.3) is 0 Å². The molecule has 4 heteroatoms. The fraction of sp³-hybridized carbons (Fsp3) is 0.611. The van der Waals surface area contributed by atoms with Gasteiger partial charge in [0.1, 0.15) is 12.1 Å². The number of rotatable bonds is 4. The molecule has 1 heterocycles. The normalized spacial score (nSPS) is 30.0. The van der Waals surface area contributed by atoms with E-state index in [4.69, 9.17) is 15.2 Å². The Bertz CT molecular complexity index is 463. The third-order valence-electron chi connectivity index (χ3n) is 4.32. The summed E-state index contributed by atoms with van der Waals surface area (Å²) in [4.78, 5) is 11.9. The fourth-order valence-electron chi connectivity index (χ4n) is 3.20. The minimum Gasteiger partial charge on any atom is -0.459 e. The number of cyclic esters (lactones) is 1. The summed E-state index contributed by atoms with van der Waals surface area (Å²) in [6.45, 7) is 4.50. The molecule has 1 aromatic carbocycles. The van der Waals surface area contributed by atoms with Crippen molar-refractivity contribution in [1.29, 1.82) is 0 Å². The van der Waals surface area contributed by atoms with Crippen LogP contribution >= 0.6 is 0 Å². The van der Waals surface area contributed by atoms with E-state index in [1.54, 1.807) is 0 Å². The summed E-state index contributed by atoms with van der Waals surface area (Å²) >= 11 is 0. The molecule has 1 aliphatic rings. The Morgan fingerprint density at radius 2 is 2.00 bits per heavy atom. The number of hydrogen-bond donors (Lipinski definition) is 1. The van der Waals surface area contributed by atoms with Gasteiger partial charge in [0, 0.05) is 6.61 Å². The van der Waals surface area contributed by atoms with E-state index in [9.17, 15) is 4.79 Å². The molecule has 4 atom stereocenters. The van der Waals surface area contributed by atoms with Gasteiger partial charge in [-0.3, -0.25) is 4.79 Å². The second kappa shape index (κ2) is 8.30. The molecule has 1 aliphatic heterocycles. The summed E-state index contributed by atoms with van der Waals surface area (Å²) in [5.74, 6) is 0.0213. The lowest BCUT2D eigenvalue weighted by molar-refractivity contribution is -0.159. The first-order valence-corrected chi connectivity index (χ1v) is 8.23. The molecule has 0 aromatic heterocycles. The first-order chi connectivity index (χ1) is 10.6. The zero-order valence-electron chi connectivity index (χ0n) is 13.5. The van der Waals surface area contributed by atoms with Gasteiger partial charge in [-0.1, -0.05) is 36.8 Å². The van der Waals surface area contributed by atoms with Crippen molar-refractivity contribution in [2.45, 2.75) is 57.8 Å². The van der Waals surface area contributed by atoms with Crippen molar-refractivity contribution in [2.24, 2.45) is 11.7 Å². The summed E-state index contributed by atoms with van der Waals surface area (Å²) in [6, 6.07) is 9.89. The SMILES string of the molecule is CCO[C@@H]1[C@@H](Cc2ccccc2)CCC[C@H](N)C(=O)O[C@H]1C. The molecular formula is C18H27NO3. The average Bonchev–Trinajstić information content (AvgIpc) is 2.55. The molecule has 22 heavy (non-hydrogen) atoms. The third-order valence-corrected chi connectivity index (χ3v) is 4.32. The molecule has 1 saturated heterocycles. The van der Waals surface area contributed by atoms with E-state index in [0.29, 0.717) is 18.9 Å². The summed E-state index contributed by atoms with van der Waals surface area (Å²) in [6.07, 6.45) is 3.17. The third kappa shape index (κ3) is 4.55. The van der Waals surface area contributed by atoms with E-state index in [-0.39, 0.29) is 18.2 Å². The lowest BCUT2D eigenvalue weighted by Gasteiger charge is -2.31. The average molecular weight is 305 g/mol. The highest BCUT2D eigenvalue weighted by Crippen LogP contribution is 2.27. The topological polar surface area (TPSA) is 61.5 Å². The minimum absolute atomic E-state index is 0.0838. The number of benzene rings is 1. The van der Waals surface area contributed by atoms with Crippen molar-refractivity contribution in [3.05, 3.63) is 35.9 Å². The predicted molar refractivity (Wildman–Crippen MR) is 86.4 cm³/mol. The Hall–Kier alpha value is -1.39. The van der Waals surface area contributed by atoms with Gasteiger partial charge >= 0.3 is 5.97 Å². The number of carbonyl (C=O) groups is 1. The molecule has 4 nitrogen and oxygen atoms in total. The summed E-state index contributed by atoms with van der Waals surface area (Å²) in [7, 11) is 0. The predicted octanol–water partition coefficient (Wildman–Crippen LogP) is 2.69. The molecule has 0 radical (unpaired) electrons. The van der Waals surface area contributed by atoms with Crippen LogP contribution in [-0.2, 0) is 20.7 Å². The molecule has 2 N–H and O–H groups in total. The van der Waals surface area contributed by atoms with Crippen LogP contribution in [0.3, 0.4) is 0 Å². The molecule has 0 saturated carbocycles. The van der Waals surface area contributed by atoms with Crippen LogP contribution in [0.15, 0.2) is 30.3 Å². The maximum Gasteiger partial charge on any atom is 0.323 e. The Kier molecular flexibility index (Phi) is 6.40. The highest BCUT2D eigenvalue weighted by molar-refractivity contribution is 5.75. The molecule has 0 amide bonds. The van der Waals surface area contributed by atoms with E-state index in [1.807, 2.05) is 19.9 Å². The minimum atomic E-state index is -0.514. The first kappa shape index (κ1) is 17.0. The number of nitrogens with two attached hydrogens (primary N) is 1. The molecule has 1 fully saturated rings. The Morgan fingerprint density at radius 3 is 2.68 bits per heavy atom. The van der Waals surface area contributed by atoms with E-state index in [2.05, 4.69) is 24.3 Å². The van der Waals surface area contributed by atoms with E-state index >= 15 is 0 Å². The maximum atomic E-state index is 11.9. The van der Waals surface area contributed by atoms with Crippen LogP contribution < -0.4 is 5.73 Å². The highest BCUT2D eigenvalue weighted by Gasteiger charge is 2.33. The van der Waals surface area contributed by atoms with E-state index in [0.717, 1.165) is 19.3 Å². The number of carbonyl (C=O) groups excluding carboxylic acids is 1. The number of esters is 1. The van der Waals surface area contributed by atoms with Gasteiger partial charge in [-0.25, -0.2) is 0 Å². The van der Waals surface area contributed by atoms with Gasteiger partial charge in [0.25, 0.3) is 0 Å². The quantitative estimate of drug-likeness (QED) is 0.869. The molecule has 0 bridgehead atoms. The summed E-state index contributed by atoms with van der Waals surface area (Å²) in [5.41, 5.74) is 7.17.